The van der Waals surface area contributed by atoms with Gasteiger partial charge in [0, 0.05) is 42.3 Å². The quantitative estimate of drug-likeness (QED) is 0.878. The zero-order chi connectivity index (χ0) is 14.7. The first-order valence-corrected chi connectivity index (χ1v) is 8.95. The molecule has 2 nitrogen and oxygen atoms in total. The lowest BCUT2D eigenvalue weighted by molar-refractivity contribution is 0.101. The van der Waals surface area contributed by atoms with E-state index in [-0.39, 0.29) is 11.9 Å². The minimum Gasteiger partial charge on any atom is -0.314 e. The molecular formula is C17H24BrFN2. The minimum absolute atomic E-state index is 0.0488. The molecule has 3 rings (SSSR count). The highest BCUT2D eigenvalue weighted by molar-refractivity contribution is 9.10. The van der Waals surface area contributed by atoms with Gasteiger partial charge in [0.25, 0.3) is 0 Å². The monoisotopic (exact) mass is 354 g/mol. The summed E-state index contributed by atoms with van der Waals surface area (Å²) in [7, 11) is 0. The van der Waals surface area contributed by atoms with Crippen LogP contribution in [0.2, 0.25) is 0 Å². The lowest BCUT2D eigenvalue weighted by Gasteiger charge is -2.41. The van der Waals surface area contributed by atoms with Gasteiger partial charge in [-0.05, 0) is 37.0 Å². The molecule has 2 aliphatic rings. The first-order chi connectivity index (χ1) is 10.3. The van der Waals surface area contributed by atoms with Crippen LogP contribution in [-0.4, -0.2) is 31.1 Å². The summed E-state index contributed by atoms with van der Waals surface area (Å²) in [4.78, 5) is 2.50. The predicted molar refractivity (Wildman–Crippen MR) is 87.9 cm³/mol. The van der Waals surface area contributed by atoms with Gasteiger partial charge in [0.1, 0.15) is 5.82 Å². The Morgan fingerprint density at radius 3 is 2.57 bits per heavy atom. The van der Waals surface area contributed by atoms with Crippen molar-refractivity contribution < 1.29 is 4.39 Å². The highest BCUT2D eigenvalue weighted by Crippen LogP contribution is 2.40. The lowest BCUT2D eigenvalue weighted by atomic mass is 9.80. The zero-order valence-corrected chi connectivity index (χ0v) is 14.0. The SMILES string of the molecule is Fc1ccc(Br)cc1[C@@H](C1CCCCC1)N1CCNCC1. The summed E-state index contributed by atoms with van der Waals surface area (Å²) in [5.74, 6) is 0.549. The zero-order valence-electron chi connectivity index (χ0n) is 12.5. The van der Waals surface area contributed by atoms with Crippen molar-refractivity contribution in [1.29, 1.82) is 0 Å². The van der Waals surface area contributed by atoms with Gasteiger partial charge in [0.05, 0.1) is 0 Å². The van der Waals surface area contributed by atoms with Crippen molar-refractivity contribution in [3.05, 3.63) is 34.1 Å². The fourth-order valence-corrected chi connectivity index (χ4v) is 4.28. The second kappa shape index (κ2) is 7.21. The van der Waals surface area contributed by atoms with E-state index >= 15 is 0 Å². The highest BCUT2D eigenvalue weighted by atomic mass is 79.9. The van der Waals surface area contributed by atoms with Gasteiger partial charge in [-0.3, -0.25) is 4.90 Å². The number of piperazine rings is 1. The molecule has 21 heavy (non-hydrogen) atoms. The van der Waals surface area contributed by atoms with Gasteiger partial charge in [-0.15, -0.1) is 0 Å². The summed E-state index contributed by atoms with van der Waals surface area (Å²) in [6, 6.07) is 5.65. The third kappa shape index (κ3) is 3.66. The number of hydrogen-bond donors (Lipinski definition) is 1. The van der Waals surface area contributed by atoms with E-state index in [9.17, 15) is 4.39 Å². The third-order valence-corrected chi connectivity index (χ3v) is 5.41. The molecule has 0 amide bonds. The summed E-state index contributed by atoms with van der Waals surface area (Å²) < 4.78 is 15.4. The molecule has 0 unspecified atom stereocenters. The smallest absolute Gasteiger partial charge is 0.128 e. The first kappa shape index (κ1) is 15.4. The van der Waals surface area contributed by atoms with Crippen LogP contribution in [-0.2, 0) is 0 Å². The van der Waals surface area contributed by atoms with Gasteiger partial charge in [0.2, 0.25) is 0 Å². The van der Waals surface area contributed by atoms with Crippen molar-refractivity contribution in [2.75, 3.05) is 26.2 Å². The van der Waals surface area contributed by atoms with Crippen molar-refractivity contribution in [3.8, 4) is 0 Å². The Bertz CT molecular complexity index is 450. The average molecular weight is 355 g/mol. The van der Waals surface area contributed by atoms with Gasteiger partial charge in [0.15, 0.2) is 0 Å². The predicted octanol–water partition coefficient (Wildman–Crippen LogP) is 4.11. The molecule has 4 heteroatoms. The van der Waals surface area contributed by atoms with E-state index in [0.717, 1.165) is 36.2 Å². The van der Waals surface area contributed by atoms with E-state index in [1.807, 2.05) is 6.07 Å². The fraction of sp³-hybridized carbons (Fsp3) is 0.647. The van der Waals surface area contributed by atoms with E-state index < -0.39 is 0 Å². The number of nitrogens with one attached hydrogen (secondary N) is 1. The molecule has 1 heterocycles. The molecule has 1 saturated carbocycles. The molecule has 1 aliphatic carbocycles. The molecule has 1 atom stereocenters. The maximum absolute atomic E-state index is 14.5. The molecule has 1 aromatic rings. The van der Waals surface area contributed by atoms with Crippen LogP contribution in [0.4, 0.5) is 4.39 Å². The van der Waals surface area contributed by atoms with Crippen LogP contribution in [0.25, 0.3) is 0 Å². The second-order valence-electron chi connectivity index (χ2n) is 6.29. The Morgan fingerprint density at radius 1 is 1.14 bits per heavy atom. The van der Waals surface area contributed by atoms with Crippen LogP contribution >= 0.6 is 15.9 Å². The van der Waals surface area contributed by atoms with Crippen LogP contribution in [0.15, 0.2) is 22.7 Å². The van der Waals surface area contributed by atoms with Crippen molar-refractivity contribution in [3.63, 3.8) is 0 Å². The van der Waals surface area contributed by atoms with Gasteiger partial charge >= 0.3 is 0 Å². The molecule has 0 spiro atoms. The van der Waals surface area contributed by atoms with E-state index in [0.29, 0.717) is 5.92 Å². The molecular weight excluding hydrogens is 331 g/mol. The maximum Gasteiger partial charge on any atom is 0.128 e. The van der Waals surface area contributed by atoms with Gasteiger partial charge in [-0.25, -0.2) is 4.39 Å². The summed E-state index contributed by atoms with van der Waals surface area (Å²) >= 11 is 3.52. The second-order valence-corrected chi connectivity index (χ2v) is 7.21. The molecule has 1 aromatic carbocycles. The van der Waals surface area contributed by atoms with Gasteiger partial charge in [-0.2, -0.15) is 0 Å². The summed E-state index contributed by atoms with van der Waals surface area (Å²) in [5.41, 5.74) is 0.887. The average Bonchev–Trinajstić information content (AvgIpc) is 2.53. The summed E-state index contributed by atoms with van der Waals surface area (Å²) in [6.45, 7) is 4.07. The van der Waals surface area contributed by atoms with Crippen LogP contribution < -0.4 is 5.32 Å². The topological polar surface area (TPSA) is 15.3 Å². The normalized spacial score (nSPS) is 23.1. The van der Waals surface area contributed by atoms with E-state index in [1.54, 1.807) is 12.1 Å². The molecule has 0 radical (unpaired) electrons. The van der Waals surface area contributed by atoms with Crippen LogP contribution in [0.3, 0.4) is 0 Å². The Labute approximate surface area is 135 Å². The van der Waals surface area contributed by atoms with E-state index in [2.05, 4.69) is 26.1 Å². The largest absolute Gasteiger partial charge is 0.314 e. The molecule has 1 aliphatic heterocycles. The Morgan fingerprint density at radius 2 is 1.86 bits per heavy atom. The van der Waals surface area contributed by atoms with Crippen molar-refractivity contribution >= 4 is 15.9 Å². The number of hydrogen-bond acceptors (Lipinski definition) is 2. The number of nitrogens with zero attached hydrogens (tertiary/aromatic N) is 1. The fourth-order valence-electron chi connectivity index (χ4n) is 3.90. The number of benzene rings is 1. The minimum atomic E-state index is -0.0488. The highest BCUT2D eigenvalue weighted by Gasteiger charge is 2.32. The molecule has 0 aromatic heterocycles. The van der Waals surface area contributed by atoms with Crippen molar-refractivity contribution in [2.24, 2.45) is 5.92 Å². The summed E-state index contributed by atoms with van der Waals surface area (Å²) in [6.07, 6.45) is 6.40. The van der Waals surface area contributed by atoms with Crippen molar-refractivity contribution in [2.45, 2.75) is 38.1 Å². The third-order valence-electron chi connectivity index (χ3n) is 4.92. The summed E-state index contributed by atoms with van der Waals surface area (Å²) in [5, 5.41) is 3.41. The maximum atomic E-state index is 14.5. The van der Waals surface area contributed by atoms with Crippen LogP contribution in [0.5, 0.6) is 0 Å². The molecule has 1 saturated heterocycles. The van der Waals surface area contributed by atoms with E-state index in [1.165, 1.54) is 32.1 Å². The Kier molecular flexibility index (Phi) is 5.30. The molecule has 0 bridgehead atoms. The first-order valence-electron chi connectivity index (χ1n) is 8.15. The lowest BCUT2D eigenvalue weighted by Crippen LogP contribution is -2.47. The Hall–Kier alpha value is -0.450. The van der Waals surface area contributed by atoms with Gasteiger partial charge < -0.3 is 5.32 Å². The number of halogens is 2. The molecule has 2 fully saturated rings. The van der Waals surface area contributed by atoms with Crippen LogP contribution in [0.1, 0.15) is 43.7 Å². The van der Waals surface area contributed by atoms with Crippen LogP contribution in [0, 0.1) is 11.7 Å². The van der Waals surface area contributed by atoms with E-state index in [4.69, 9.17) is 0 Å². The Balaban J connectivity index is 1.91. The number of rotatable bonds is 3. The van der Waals surface area contributed by atoms with Crippen molar-refractivity contribution in [1.82, 2.24) is 10.2 Å². The molecule has 116 valence electrons. The van der Waals surface area contributed by atoms with Gasteiger partial charge in [-0.1, -0.05) is 35.2 Å². The standard InChI is InChI=1S/C17H24BrFN2/c18-14-6-7-16(19)15(12-14)17(13-4-2-1-3-5-13)21-10-8-20-9-11-21/h6-7,12-13,17,20H,1-5,8-11H2/t17-/m1/s1. The molecule has 1 N–H and O–H groups in total.